The molecule has 1 fully saturated rings. The number of hydrogen-bond acceptors (Lipinski definition) is 4. The molecule has 1 aromatic carbocycles. The van der Waals surface area contributed by atoms with E-state index in [9.17, 15) is 9.59 Å². The lowest BCUT2D eigenvalue weighted by Crippen LogP contribution is -2.33. The second-order valence-corrected chi connectivity index (χ2v) is 5.60. The van der Waals surface area contributed by atoms with E-state index in [0.717, 1.165) is 16.7 Å². The standard InChI is InChI=1S/C12H10Cl2N2O2S/c13-8-2-1-7(5-9(8)14)6-10-11(17)16(4-3-15)12(18)19-10/h1-2,5-6H,3-4,15H2/b10-6+. The minimum atomic E-state index is -0.327. The monoisotopic (exact) mass is 316 g/mol. The lowest BCUT2D eigenvalue weighted by molar-refractivity contribution is -0.122. The quantitative estimate of drug-likeness (QED) is 0.871. The van der Waals surface area contributed by atoms with Crippen LogP contribution in [0.3, 0.4) is 0 Å². The van der Waals surface area contributed by atoms with Crippen LogP contribution in [0, 0.1) is 0 Å². The highest BCUT2D eigenvalue weighted by Crippen LogP contribution is 2.32. The molecule has 2 N–H and O–H groups in total. The van der Waals surface area contributed by atoms with Crippen LogP contribution in [-0.2, 0) is 4.79 Å². The van der Waals surface area contributed by atoms with Crippen molar-refractivity contribution in [3.63, 3.8) is 0 Å². The molecule has 1 heterocycles. The molecule has 2 amide bonds. The van der Waals surface area contributed by atoms with Crippen molar-refractivity contribution >= 4 is 52.2 Å². The van der Waals surface area contributed by atoms with Gasteiger partial charge in [-0.15, -0.1) is 0 Å². The molecule has 1 saturated heterocycles. The van der Waals surface area contributed by atoms with Crippen molar-refractivity contribution in [1.29, 1.82) is 0 Å². The molecule has 19 heavy (non-hydrogen) atoms. The molecule has 0 aromatic heterocycles. The first-order valence-corrected chi connectivity index (χ1v) is 7.00. The van der Waals surface area contributed by atoms with Gasteiger partial charge < -0.3 is 5.73 Å². The number of thioether (sulfide) groups is 1. The number of rotatable bonds is 3. The van der Waals surface area contributed by atoms with Crippen LogP contribution in [0.1, 0.15) is 5.56 Å². The Balaban J connectivity index is 2.27. The molecule has 100 valence electrons. The van der Waals surface area contributed by atoms with Gasteiger partial charge in [-0.1, -0.05) is 29.3 Å². The first-order chi connectivity index (χ1) is 9.02. The van der Waals surface area contributed by atoms with Crippen molar-refractivity contribution in [3.05, 3.63) is 38.7 Å². The van der Waals surface area contributed by atoms with Crippen LogP contribution in [0.2, 0.25) is 10.0 Å². The van der Waals surface area contributed by atoms with Gasteiger partial charge >= 0.3 is 0 Å². The van der Waals surface area contributed by atoms with Crippen molar-refractivity contribution < 1.29 is 9.59 Å². The lowest BCUT2D eigenvalue weighted by atomic mass is 10.2. The number of imide groups is 1. The summed E-state index contributed by atoms with van der Waals surface area (Å²) < 4.78 is 0. The van der Waals surface area contributed by atoms with Crippen molar-refractivity contribution in [1.82, 2.24) is 4.90 Å². The van der Waals surface area contributed by atoms with Gasteiger partial charge in [0.1, 0.15) is 0 Å². The van der Waals surface area contributed by atoms with E-state index in [4.69, 9.17) is 28.9 Å². The highest BCUT2D eigenvalue weighted by molar-refractivity contribution is 8.18. The molecule has 1 aromatic rings. The third kappa shape index (κ3) is 3.12. The van der Waals surface area contributed by atoms with E-state index in [1.54, 1.807) is 24.3 Å². The molecule has 0 bridgehead atoms. The maximum absolute atomic E-state index is 12.0. The van der Waals surface area contributed by atoms with Gasteiger partial charge in [-0.2, -0.15) is 0 Å². The number of benzene rings is 1. The third-order valence-electron chi connectivity index (χ3n) is 2.47. The topological polar surface area (TPSA) is 63.4 Å². The van der Waals surface area contributed by atoms with Crippen LogP contribution in [0.5, 0.6) is 0 Å². The van der Waals surface area contributed by atoms with Gasteiger partial charge in [-0.3, -0.25) is 14.5 Å². The number of hydrogen-bond donors (Lipinski definition) is 1. The van der Waals surface area contributed by atoms with Crippen LogP contribution in [0.25, 0.3) is 6.08 Å². The molecule has 0 spiro atoms. The average Bonchev–Trinajstić information content (AvgIpc) is 2.62. The Hall–Kier alpha value is -1.01. The second kappa shape index (κ2) is 5.96. The molecule has 0 saturated carbocycles. The SMILES string of the molecule is NCCN1C(=O)S/C(=C/c2ccc(Cl)c(Cl)c2)C1=O. The first kappa shape index (κ1) is 14.4. The Morgan fingerprint density at radius 1 is 1.26 bits per heavy atom. The Morgan fingerprint density at radius 2 is 2.00 bits per heavy atom. The summed E-state index contributed by atoms with van der Waals surface area (Å²) in [7, 11) is 0. The average molecular weight is 317 g/mol. The van der Waals surface area contributed by atoms with Gasteiger partial charge in [0.25, 0.3) is 11.1 Å². The van der Waals surface area contributed by atoms with Gasteiger partial charge in [0.15, 0.2) is 0 Å². The van der Waals surface area contributed by atoms with Crippen molar-refractivity contribution in [2.24, 2.45) is 5.73 Å². The zero-order chi connectivity index (χ0) is 14.0. The third-order valence-corrected chi connectivity index (χ3v) is 4.11. The first-order valence-electron chi connectivity index (χ1n) is 5.43. The molecule has 0 radical (unpaired) electrons. The molecule has 0 unspecified atom stereocenters. The predicted octanol–water partition coefficient (Wildman–Crippen LogP) is 2.99. The summed E-state index contributed by atoms with van der Waals surface area (Å²) in [6.45, 7) is 0.474. The van der Waals surface area contributed by atoms with Crippen molar-refractivity contribution in [3.8, 4) is 0 Å². The molecular weight excluding hydrogens is 307 g/mol. The van der Waals surface area contributed by atoms with Gasteiger partial charge in [0.2, 0.25) is 0 Å². The van der Waals surface area contributed by atoms with E-state index < -0.39 is 0 Å². The van der Waals surface area contributed by atoms with E-state index in [1.165, 1.54) is 0 Å². The van der Waals surface area contributed by atoms with E-state index >= 15 is 0 Å². The molecular formula is C12H10Cl2N2O2S. The number of halogens is 2. The predicted molar refractivity (Wildman–Crippen MR) is 78.2 cm³/mol. The Morgan fingerprint density at radius 3 is 2.63 bits per heavy atom. The van der Waals surface area contributed by atoms with Crippen LogP contribution < -0.4 is 5.73 Å². The number of nitrogens with zero attached hydrogens (tertiary/aromatic N) is 1. The zero-order valence-electron chi connectivity index (χ0n) is 9.73. The number of carbonyl (C=O) groups excluding carboxylic acids is 2. The fourth-order valence-electron chi connectivity index (χ4n) is 1.58. The smallest absolute Gasteiger partial charge is 0.293 e. The van der Waals surface area contributed by atoms with E-state index in [-0.39, 0.29) is 24.2 Å². The van der Waals surface area contributed by atoms with Gasteiger partial charge in [-0.05, 0) is 35.5 Å². The number of nitrogens with two attached hydrogens (primary N) is 1. The molecule has 2 rings (SSSR count). The Kier molecular flexibility index (Phi) is 4.52. The summed E-state index contributed by atoms with van der Waals surface area (Å²) in [6, 6.07) is 5.01. The normalized spacial score (nSPS) is 17.6. The maximum atomic E-state index is 12.0. The highest BCUT2D eigenvalue weighted by Gasteiger charge is 2.34. The maximum Gasteiger partial charge on any atom is 0.293 e. The summed E-state index contributed by atoms with van der Waals surface area (Å²) in [5, 5.41) is 0.536. The largest absolute Gasteiger partial charge is 0.329 e. The number of carbonyl (C=O) groups is 2. The Labute approximate surface area is 124 Å². The fraction of sp³-hybridized carbons (Fsp3) is 0.167. The van der Waals surface area contributed by atoms with Gasteiger partial charge in [0, 0.05) is 13.1 Å². The van der Waals surface area contributed by atoms with Crippen molar-refractivity contribution in [2.45, 2.75) is 0 Å². The second-order valence-electron chi connectivity index (χ2n) is 3.80. The molecule has 1 aliphatic heterocycles. The molecule has 0 aliphatic carbocycles. The van der Waals surface area contributed by atoms with Crippen LogP contribution in [0.4, 0.5) is 4.79 Å². The van der Waals surface area contributed by atoms with E-state index in [1.807, 2.05) is 0 Å². The molecule has 0 atom stereocenters. The van der Waals surface area contributed by atoms with Crippen LogP contribution >= 0.6 is 35.0 Å². The highest BCUT2D eigenvalue weighted by atomic mass is 35.5. The summed E-state index contributed by atoms with van der Waals surface area (Å²) in [5.74, 6) is -0.327. The van der Waals surface area contributed by atoms with Gasteiger partial charge in [0.05, 0.1) is 15.0 Å². The molecule has 1 aliphatic rings. The summed E-state index contributed by atoms with van der Waals surface area (Å²) in [6.07, 6.45) is 1.61. The minimum Gasteiger partial charge on any atom is -0.329 e. The fourth-order valence-corrected chi connectivity index (χ4v) is 2.75. The lowest BCUT2D eigenvalue weighted by Gasteiger charge is -2.09. The summed E-state index contributed by atoms with van der Waals surface area (Å²) >= 11 is 12.6. The van der Waals surface area contributed by atoms with E-state index in [2.05, 4.69) is 0 Å². The minimum absolute atomic E-state index is 0.226. The van der Waals surface area contributed by atoms with Crippen LogP contribution in [0.15, 0.2) is 23.1 Å². The zero-order valence-corrected chi connectivity index (χ0v) is 12.1. The van der Waals surface area contributed by atoms with Gasteiger partial charge in [-0.25, -0.2) is 0 Å². The van der Waals surface area contributed by atoms with E-state index in [0.29, 0.717) is 20.5 Å². The molecule has 7 heteroatoms. The summed E-state index contributed by atoms with van der Waals surface area (Å²) in [5.41, 5.74) is 6.08. The Bertz CT molecular complexity index is 575. The van der Waals surface area contributed by atoms with Crippen molar-refractivity contribution in [2.75, 3.05) is 13.1 Å². The van der Waals surface area contributed by atoms with Crippen LogP contribution in [-0.4, -0.2) is 29.1 Å². The summed E-state index contributed by atoms with van der Waals surface area (Å²) in [4.78, 5) is 25.1. The molecule has 4 nitrogen and oxygen atoms in total. The number of amides is 2.